The van der Waals surface area contributed by atoms with Crippen LogP contribution in [0.3, 0.4) is 0 Å². The Morgan fingerprint density at radius 3 is 2.32 bits per heavy atom. The van der Waals surface area contributed by atoms with Gasteiger partial charge in [-0.2, -0.15) is 0 Å². The van der Waals surface area contributed by atoms with Crippen LogP contribution in [0.1, 0.15) is 100 Å². The van der Waals surface area contributed by atoms with Gasteiger partial charge < -0.3 is 65.6 Å². The van der Waals surface area contributed by atoms with Gasteiger partial charge in [0.2, 0.25) is 5.78 Å². The minimum absolute atomic E-state index is 0.0486. The number of nitrogens with one attached hydrogen (secondary N) is 2. The first-order valence-electron chi connectivity index (χ1n) is 20.3. The molecule has 8 atom stereocenters. The molecular weight excluding hydrogens is 810 g/mol. The van der Waals surface area contributed by atoms with E-state index in [1.807, 2.05) is 0 Å². The van der Waals surface area contributed by atoms with E-state index in [0.717, 1.165) is 19.3 Å². The lowest BCUT2D eigenvalue weighted by Crippen LogP contribution is -2.56. The Morgan fingerprint density at radius 1 is 0.919 bits per heavy atom. The number of carbonyl (C=O) groups is 5. The van der Waals surface area contributed by atoms with Crippen molar-refractivity contribution in [2.24, 2.45) is 5.73 Å². The van der Waals surface area contributed by atoms with Crippen molar-refractivity contribution in [1.82, 2.24) is 10.6 Å². The van der Waals surface area contributed by atoms with E-state index in [1.54, 1.807) is 12.1 Å². The number of allylic oxidation sites excluding steroid dienone is 2. The van der Waals surface area contributed by atoms with Gasteiger partial charge in [0.15, 0.2) is 17.9 Å². The van der Waals surface area contributed by atoms with Crippen LogP contribution in [0, 0.1) is 0 Å². The SMILES string of the molecule is COc1cccc2c1C(=O)c1c(O)c3c(c(O)c1C2=O)C[C@@](O)(C(=O)CO)C[C@@H]3O[C@H]1CC(NC(=O)OCc2ccc(OC(=O)NC3CC/C=C/CCC3N)cc2)[C@H](O)C(C)O1. The van der Waals surface area contributed by atoms with Gasteiger partial charge in [-0.05, 0) is 56.4 Å². The van der Waals surface area contributed by atoms with Gasteiger partial charge in [0.05, 0.1) is 42.0 Å². The van der Waals surface area contributed by atoms with Crippen molar-refractivity contribution in [3.8, 4) is 23.0 Å². The maximum Gasteiger partial charge on any atom is 0.412 e. The summed E-state index contributed by atoms with van der Waals surface area (Å²) in [6.45, 7) is 0.211. The largest absolute Gasteiger partial charge is 0.507 e. The van der Waals surface area contributed by atoms with Crippen LogP contribution < -0.4 is 25.8 Å². The fourth-order valence-electron chi connectivity index (χ4n) is 8.54. The first-order valence-corrected chi connectivity index (χ1v) is 20.3. The lowest BCUT2D eigenvalue weighted by Gasteiger charge is -2.42. The number of aromatic hydroxyl groups is 2. The first-order chi connectivity index (χ1) is 29.6. The number of rotatable bonds is 10. The van der Waals surface area contributed by atoms with Crippen LogP contribution in [0.4, 0.5) is 9.59 Å². The molecule has 2 amide bonds. The molecule has 18 nitrogen and oxygen atoms in total. The topological polar surface area (TPSA) is 283 Å². The number of benzene rings is 3. The number of nitrogens with two attached hydrogens (primary N) is 1. The Bertz CT molecular complexity index is 2280. The normalized spacial score (nSPS) is 27.3. The van der Waals surface area contributed by atoms with Gasteiger partial charge >= 0.3 is 12.2 Å². The molecule has 3 aromatic rings. The molecule has 4 aliphatic rings. The number of phenolic OH excluding ortho intramolecular Hbond substituents is 2. The number of phenols is 2. The van der Waals surface area contributed by atoms with E-state index in [9.17, 15) is 49.5 Å². The monoisotopic (exact) mass is 859 g/mol. The molecule has 0 spiro atoms. The predicted molar refractivity (Wildman–Crippen MR) is 216 cm³/mol. The number of Topliss-reactive ketones (excluding diaryl/α,β-unsaturated/α-hetero) is 1. The number of alkyl carbamates (subject to hydrolysis) is 1. The van der Waals surface area contributed by atoms with E-state index < -0.39 is 108 Å². The molecule has 1 aliphatic heterocycles. The molecule has 9 N–H and O–H groups in total. The Hall–Kier alpha value is -5.89. The quantitative estimate of drug-likeness (QED) is 0.0841. The summed E-state index contributed by atoms with van der Waals surface area (Å²) < 4.78 is 28.3. The van der Waals surface area contributed by atoms with Crippen LogP contribution in [0.5, 0.6) is 23.0 Å². The van der Waals surface area contributed by atoms with E-state index >= 15 is 0 Å². The molecule has 330 valence electrons. The average Bonchev–Trinajstić information content (AvgIpc) is 3.24. The van der Waals surface area contributed by atoms with Crippen molar-refractivity contribution in [3.63, 3.8) is 0 Å². The predicted octanol–water partition coefficient (Wildman–Crippen LogP) is 2.88. The highest BCUT2D eigenvalue weighted by molar-refractivity contribution is 6.31. The number of ketones is 3. The summed E-state index contributed by atoms with van der Waals surface area (Å²) in [6, 6.07) is 9.10. The van der Waals surface area contributed by atoms with E-state index in [-0.39, 0.29) is 58.9 Å². The molecule has 3 aliphatic carbocycles. The second-order valence-electron chi connectivity index (χ2n) is 15.9. The van der Waals surface area contributed by atoms with Crippen molar-refractivity contribution >= 4 is 29.5 Å². The number of methoxy groups -OCH3 is 1. The van der Waals surface area contributed by atoms with Crippen molar-refractivity contribution in [2.75, 3.05) is 13.7 Å². The summed E-state index contributed by atoms with van der Waals surface area (Å²) in [6.07, 6.45) is -0.882. The second kappa shape index (κ2) is 18.2. The van der Waals surface area contributed by atoms with Crippen LogP contribution >= 0.6 is 0 Å². The number of carbonyl (C=O) groups excluding carboxylic acids is 5. The maximum atomic E-state index is 14.0. The fraction of sp³-hybridized carbons (Fsp3) is 0.432. The summed E-state index contributed by atoms with van der Waals surface area (Å²) in [4.78, 5) is 66.3. The molecule has 4 unspecified atom stereocenters. The van der Waals surface area contributed by atoms with Crippen molar-refractivity contribution in [1.29, 1.82) is 0 Å². The average molecular weight is 860 g/mol. The zero-order valence-corrected chi connectivity index (χ0v) is 34.0. The van der Waals surface area contributed by atoms with Crippen LogP contribution in [0.2, 0.25) is 0 Å². The number of fused-ring (bicyclic) bond motifs is 3. The zero-order valence-electron chi connectivity index (χ0n) is 34.0. The Balaban J connectivity index is 1.04. The van der Waals surface area contributed by atoms with Crippen LogP contribution in [-0.2, 0) is 32.0 Å². The zero-order chi connectivity index (χ0) is 44.5. The second-order valence-corrected chi connectivity index (χ2v) is 15.9. The van der Waals surface area contributed by atoms with E-state index in [1.165, 1.54) is 44.4 Å². The van der Waals surface area contributed by atoms with Gasteiger partial charge in [-0.25, -0.2) is 9.59 Å². The lowest BCUT2D eigenvalue weighted by molar-refractivity contribution is -0.249. The third kappa shape index (κ3) is 8.74. The molecule has 1 fully saturated rings. The van der Waals surface area contributed by atoms with Gasteiger partial charge in [0.25, 0.3) is 0 Å². The molecule has 7 rings (SSSR count). The Kier molecular flexibility index (Phi) is 13.0. The summed E-state index contributed by atoms with van der Waals surface area (Å²) in [5, 5.41) is 61.2. The molecule has 0 bridgehead atoms. The van der Waals surface area contributed by atoms with E-state index in [0.29, 0.717) is 12.0 Å². The first kappa shape index (κ1) is 44.2. The van der Waals surface area contributed by atoms with Gasteiger partial charge in [0.1, 0.15) is 47.9 Å². The Labute approximate surface area is 355 Å². The summed E-state index contributed by atoms with van der Waals surface area (Å²) in [5.41, 5.74) is 2.61. The molecule has 18 heteroatoms. The number of amides is 2. The number of aliphatic hydroxyl groups excluding tert-OH is 2. The van der Waals surface area contributed by atoms with Gasteiger partial charge in [-0.1, -0.05) is 36.4 Å². The van der Waals surface area contributed by atoms with Crippen molar-refractivity contribution in [3.05, 3.63) is 93.6 Å². The van der Waals surface area contributed by atoms with Crippen LogP contribution in [0.15, 0.2) is 54.6 Å². The highest BCUT2D eigenvalue weighted by atomic mass is 16.7. The highest BCUT2D eigenvalue weighted by Crippen LogP contribution is 2.52. The van der Waals surface area contributed by atoms with Crippen molar-refractivity contribution < 1.29 is 73.2 Å². The molecule has 3 aromatic carbocycles. The van der Waals surface area contributed by atoms with E-state index in [2.05, 4.69) is 22.8 Å². The number of hydrogen-bond acceptors (Lipinski definition) is 16. The molecular formula is C44H49N3O15. The minimum Gasteiger partial charge on any atom is -0.507 e. The fourth-order valence-corrected chi connectivity index (χ4v) is 8.54. The van der Waals surface area contributed by atoms with Crippen LogP contribution in [0.25, 0.3) is 0 Å². The summed E-state index contributed by atoms with van der Waals surface area (Å²) in [7, 11) is 1.30. The molecule has 1 saturated heterocycles. The highest BCUT2D eigenvalue weighted by Gasteiger charge is 2.50. The number of aliphatic hydroxyl groups is 3. The summed E-state index contributed by atoms with van der Waals surface area (Å²) >= 11 is 0. The van der Waals surface area contributed by atoms with Crippen molar-refractivity contribution in [2.45, 2.75) is 107 Å². The number of ether oxygens (including phenoxy) is 5. The molecule has 1 heterocycles. The third-order valence-electron chi connectivity index (χ3n) is 11.9. The van der Waals surface area contributed by atoms with Gasteiger partial charge in [-0.15, -0.1) is 0 Å². The van der Waals surface area contributed by atoms with Crippen LogP contribution in [-0.4, -0.2) is 111 Å². The number of hydrogen-bond donors (Lipinski definition) is 8. The Morgan fingerprint density at radius 2 is 1.61 bits per heavy atom. The third-order valence-corrected chi connectivity index (χ3v) is 11.9. The molecule has 62 heavy (non-hydrogen) atoms. The van der Waals surface area contributed by atoms with Gasteiger partial charge in [-0.3, -0.25) is 14.4 Å². The molecule has 0 aromatic heterocycles. The summed E-state index contributed by atoms with van der Waals surface area (Å²) in [5.74, 6) is -3.91. The van der Waals surface area contributed by atoms with E-state index in [4.69, 9.17) is 29.4 Å². The maximum absolute atomic E-state index is 14.0. The van der Waals surface area contributed by atoms with Gasteiger partial charge in [0, 0.05) is 48.0 Å². The molecule has 0 radical (unpaired) electrons. The molecule has 0 saturated carbocycles. The lowest BCUT2D eigenvalue weighted by atomic mass is 9.72. The smallest absolute Gasteiger partial charge is 0.412 e. The minimum atomic E-state index is -2.37. The standard InChI is InChI=1S/C44H49N3O15/c1-21-37(50)28(47-42(55)59-20-22-12-14-23(15-13-22)61-43(56)46-27-10-6-4-3-5-9-26(27)45)16-32(60-21)62-30-18-44(57,31(49)19-48)17-25-34(30)41(54)36-35(39(25)52)38(51)24-8-7-11-29(58-2)33(24)40(36)53/h3-4,7-8,11-15,21,26-28,30,32,37,48,50,52,54,57H,5-6,9-10,16-20,45H2,1-2H3,(H,46,56)(H,47,55)/b4-3+/t21?,26?,27?,28?,30-,32-,37+,44-/m0/s1.